The van der Waals surface area contributed by atoms with Crippen molar-refractivity contribution in [2.24, 2.45) is 5.73 Å². The van der Waals surface area contributed by atoms with Crippen molar-refractivity contribution in [3.8, 4) is 0 Å². The monoisotopic (exact) mass is 480 g/mol. The molecular formula is C29H44N4O2. The number of benzene rings is 2. The van der Waals surface area contributed by atoms with Crippen molar-refractivity contribution in [3.63, 3.8) is 0 Å². The van der Waals surface area contributed by atoms with Crippen molar-refractivity contribution in [2.45, 2.75) is 59.9 Å². The Bertz CT molecular complexity index is 961. The van der Waals surface area contributed by atoms with Gasteiger partial charge in [-0.1, -0.05) is 87.9 Å². The zero-order valence-corrected chi connectivity index (χ0v) is 22.5. The number of hydrogen-bond donors (Lipinski definition) is 2. The maximum absolute atomic E-state index is 13.5. The molecule has 35 heavy (non-hydrogen) atoms. The van der Waals surface area contributed by atoms with Gasteiger partial charge in [0, 0.05) is 5.56 Å². The van der Waals surface area contributed by atoms with Crippen molar-refractivity contribution in [3.05, 3.63) is 99.2 Å². The van der Waals surface area contributed by atoms with Crippen LogP contribution in [0.1, 0.15) is 68.4 Å². The van der Waals surface area contributed by atoms with Gasteiger partial charge in [0.05, 0.1) is 11.7 Å². The molecule has 2 aromatic carbocycles. The van der Waals surface area contributed by atoms with Crippen LogP contribution in [0.15, 0.2) is 65.5 Å². The highest BCUT2D eigenvalue weighted by Crippen LogP contribution is 2.26. The van der Waals surface area contributed by atoms with Crippen molar-refractivity contribution in [1.82, 2.24) is 14.9 Å². The Labute approximate surface area is 211 Å². The number of nitrogens with two attached hydrogens (primary N) is 1. The van der Waals surface area contributed by atoms with Crippen LogP contribution in [0.25, 0.3) is 0 Å². The second kappa shape index (κ2) is 19.2. The van der Waals surface area contributed by atoms with E-state index in [1.54, 1.807) is 0 Å². The molecular weight excluding hydrogens is 436 g/mol. The summed E-state index contributed by atoms with van der Waals surface area (Å²) in [5.74, 6) is 0.768. The number of carbonyl (C=O) groups excluding carboxylic acids is 1. The number of carbonyl (C=O) groups is 1. The predicted octanol–water partition coefficient (Wildman–Crippen LogP) is 4.71. The third-order valence-electron chi connectivity index (χ3n) is 5.15. The molecule has 0 amide bonds. The Morgan fingerprint density at radius 3 is 1.74 bits per heavy atom. The Morgan fingerprint density at radius 2 is 1.40 bits per heavy atom. The van der Waals surface area contributed by atoms with Gasteiger partial charge in [-0.25, -0.2) is 4.98 Å². The summed E-state index contributed by atoms with van der Waals surface area (Å²) in [6, 6.07) is 20.2. The van der Waals surface area contributed by atoms with Gasteiger partial charge in [-0.3, -0.25) is 9.36 Å². The van der Waals surface area contributed by atoms with Gasteiger partial charge in [-0.05, 0) is 58.5 Å². The van der Waals surface area contributed by atoms with Crippen LogP contribution in [0.3, 0.4) is 0 Å². The van der Waals surface area contributed by atoms with Gasteiger partial charge in [0.15, 0.2) is 0 Å². The van der Waals surface area contributed by atoms with Crippen molar-refractivity contribution in [2.75, 3.05) is 20.6 Å². The summed E-state index contributed by atoms with van der Waals surface area (Å²) in [7, 11) is 3.43. The molecule has 3 aromatic rings. The minimum absolute atomic E-state index is 0.0916. The van der Waals surface area contributed by atoms with Crippen LogP contribution in [0, 0.1) is 6.92 Å². The third kappa shape index (κ3) is 9.97. The molecule has 0 bridgehead atoms. The summed E-state index contributed by atoms with van der Waals surface area (Å²) in [5, 5.41) is 2.93. The summed E-state index contributed by atoms with van der Waals surface area (Å²) < 4.78 is 1.87. The van der Waals surface area contributed by atoms with E-state index in [9.17, 15) is 4.79 Å². The Balaban J connectivity index is 0.00000112. The SMILES string of the molecule is CC=O.CCCc1c(CC)nc(C)n(C(c2ccccc2)c2ccccc2)c1=O.CCNC.CN. The quantitative estimate of drug-likeness (QED) is 0.478. The van der Waals surface area contributed by atoms with Crippen molar-refractivity contribution < 1.29 is 4.79 Å². The molecule has 0 saturated carbocycles. The Kier molecular flexibility index (Phi) is 17.5. The van der Waals surface area contributed by atoms with Crippen molar-refractivity contribution >= 4 is 6.29 Å². The first-order valence-electron chi connectivity index (χ1n) is 12.3. The highest BCUT2D eigenvalue weighted by atomic mass is 16.1. The van der Waals surface area contributed by atoms with Crippen LogP contribution in [-0.4, -0.2) is 36.5 Å². The highest BCUT2D eigenvalue weighted by Gasteiger charge is 2.22. The van der Waals surface area contributed by atoms with Gasteiger partial charge in [0.1, 0.15) is 12.1 Å². The van der Waals surface area contributed by atoms with Crippen LogP contribution in [0.2, 0.25) is 0 Å². The average Bonchev–Trinajstić information content (AvgIpc) is 2.90. The number of aldehydes is 1. The number of aromatic nitrogens is 2. The fraction of sp³-hybridized carbons (Fsp3) is 0.414. The normalized spacial score (nSPS) is 9.63. The highest BCUT2D eigenvalue weighted by molar-refractivity contribution is 5.44. The lowest BCUT2D eigenvalue weighted by molar-refractivity contribution is -0.106. The number of nitrogens with one attached hydrogen (secondary N) is 1. The first kappa shape index (κ1) is 31.9. The predicted molar refractivity (Wildman–Crippen MR) is 148 cm³/mol. The molecule has 0 fully saturated rings. The van der Waals surface area contributed by atoms with E-state index in [1.807, 2.05) is 54.9 Å². The molecule has 3 N–H and O–H groups in total. The first-order chi connectivity index (χ1) is 17.0. The van der Waals surface area contributed by atoms with E-state index in [1.165, 1.54) is 14.0 Å². The Morgan fingerprint density at radius 1 is 0.971 bits per heavy atom. The molecule has 6 nitrogen and oxygen atoms in total. The molecule has 0 aliphatic carbocycles. The summed E-state index contributed by atoms with van der Waals surface area (Å²) in [5.41, 5.74) is 8.58. The van der Waals surface area contributed by atoms with E-state index in [0.29, 0.717) is 0 Å². The molecule has 6 heteroatoms. The van der Waals surface area contributed by atoms with Crippen LogP contribution in [0.4, 0.5) is 0 Å². The van der Waals surface area contributed by atoms with Crippen LogP contribution >= 0.6 is 0 Å². The van der Waals surface area contributed by atoms with E-state index >= 15 is 0 Å². The summed E-state index contributed by atoms with van der Waals surface area (Å²) >= 11 is 0. The number of hydrogen-bond acceptors (Lipinski definition) is 5. The maximum atomic E-state index is 13.5. The molecule has 1 aromatic heterocycles. The van der Waals surface area contributed by atoms with Crippen LogP contribution in [0.5, 0.6) is 0 Å². The van der Waals surface area contributed by atoms with E-state index in [0.717, 1.165) is 60.3 Å². The third-order valence-corrected chi connectivity index (χ3v) is 5.15. The van der Waals surface area contributed by atoms with Crippen LogP contribution < -0.4 is 16.6 Å². The lowest BCUT2D eigenvalue weighted by Crippen LogP contribution is -2.33. The van der Waals surface area contributed by atoms with Crippen molar-refractivity contribution in [1.29, 1.82) is 0 Å². The van der Waals surface area contributed by atoms with E-state index in [4.69, 9.17) is 9.78 Å². The molecule has 0 spiro atoms. The number of rotatable bonds is 7. The number of aryl methyl sites for hydroxylation is 2. The topological polar surface area (TPSA) is 90.0 Å². The molecule has 0 aliphatic rings. The zero-order chi connectivity index (χ0) is 26.6. The van der Waals surface area contributed by atoms with Gasteiger partial charge < -0.3 is 15.8 Å². The smallest absolute Gasteiger partial charge is 0.257 e. The van der Waals surface area contributed by atoms with E-state index in [-0.39, 0.29) is 11.6 Å². The second-order valence-corrected chi connectivity index (χ2v) is 7.53. The standard InChI is InChI=1S/C23H26N2O.C3H9N.C2H4O.CH5N/c1-4-12-20-21(5-2)24-17(3)25(23(20)26)22(18-13-8-6-9-14-18)19-15-10-7-11-16-19;1-3-4-2;1-2-3;1-2/h6-11,13-16,22H,4-5,12H2,1-3H3;4H,3H2,1-2H3;2H,1H3;2H2,1H3. The average molecular weight is 481 g/mol. The first-order valence-corrected chi connectivity index (χ1v) is 12.3. The molecule has 0 saturated heterocycles. The van der Waals surface area contributed by atoms with Gasteiger partial charge in [0.25, 0.3) is 5.56 Å². The van der Waals surface area contributed by atoms with Gasteiger partial charge in [-0.15, -0.1) is 0 Å². The Hall–Kier alpha value is -3.09. The minimum atomic E-state index is -0.168. The number of nitrogens with zero attached hydrogens (tertiary/aromatic N) is 2. The van der Waals surface area contributed by atoms with Gasteiger partial charge in [-0.2, -0.15) is 0 Å². The molecule has 192 valence electrons. The molecule has 0 atom stereocenters. The lowest BCUT2D eigenvalue weighted by atomic mass is 9.97. The largest absolute Gasteiger partial charge is 0.333 e. The molecule has 1 heterocycles. The lowest BCUT2D eigenvalue weighted by Gasteiger charge is -2.24. The maximum Gasteiger partial charge on any atom is 0.257 e. The molecule has 0 radical (unpaired) electrons. The summed E-state index contributed by atoms with van der Waals surface area (Å²) in [6.45, 7) is 10.7. The minimum Gasteiger partial charge on any atom is -0.333 e. The fourth-order valence-electron chi connectivity index (χ4n) is 3.59. The molecule has 3 rings (SSSR count). The van der Waals surface area contributed by atoms with Crippen LogP contribution in [-0.2, 0) is 17.6 Å². The fourth-order valence-corrected chi connectivity index (χ4v) is 3.59. The summed E-state index contributed by atoms with van der Waals surface area (Å²) in [6.07, 6.45) is 3.24. The van der Waals surface area contributed by atoms with Gasteiger partial charge >= 0.3 is 0 Å². The van der Waals surface area contributed by atoms with Gasteiger partial charge in [0.2, 0.25) is 0 Å². The zero-order valence-electron chi connectivity index (χ0n) is 22.5. The summed E-state index contributed by atoms with van der Waals surface area (Å²) in [4.78, 5) is 27.1. The van der Waals surface area contributed by atoms with E-state index in [2.05, 4.69) is 56.1 Å². The second-order valence-electron chi connectivity index (χ2n) is 7.53. The van der Waals surface area contributed by atoms with E-state index < -0.39 is 0 Å². The molecule has 0 unspecified atom stereocenters. The molecule has 0 aliphatic heterocycles.